The summed E-state index contributed by atoms with van der Waals surface area (Å²) in [6.07, 6.45) is 0. The Bertz CT molecular complexity index is 816. The Balaban J connectivity index is 2.03. The number of carbonyl (C=O) groups excluding carboxylic acids is 1. The molecular formula is C17H21N3O4S. The van der Waals surface area contributed by atoms with Crippen LogP contribution in [0.5, 0.6) is 0 Å². The molecule has 0 bridgehead atoms. The lowest BCUT2D eigenvalue weighted by atomic mass is 10.2. The van der Waals surface area contributed by atoms with Crippen LogP contribution >= 0.6 is 0 Å². The fourth-order valence-electron chi connectivity index (χ4n) is 1.93. The molecule has 0 aromatic heterocycles. The predicted molar refractivity (Wildman–Crippen MR) is 98.4 cm³/mol. The van der Waals surface area contributed by atoms with Crippen LogP contribution in [0.1, 0.15) is 17.3 Å². The highest BCUT2D eigenvalue weighted by Gasteiger charge is 2.12. The van der Waals surface area contributed by atoms with E-state index >= 15 is 0 Å². The summed E-state index contributed by atoms with van der Waals surface area (Å²) in [4.78, 5) is 11.6. The van der Waals surface area contributed by atoms with Crippen LogP contribution < -0.4 is 10.0 Å². The van der Waals surface area contributed by atoms with Gasteiger partial charge in [-0.3, -0.25) is 4.72 Å². The van der Waals surface area contributed by atoms with E-state index in [0.717, 1.165) is 15.7 Å². The van der Waals surface area contributed by atoms with Gasteiger partial charge in [-0.1, -0.05) is 0 Å². The molecule has 8 heteroatoms. The van der Waals surface area contributed by atoms with Crippen LogP contribution in [-0.4, -0.2) is 39.4 Å². The van der Waals surface area contributed by atoms with Crippen molar-refractivity contribution in [1.29, 1.82) is 0 Å². The Hall–Kier alpha value is -2.58. The zero-order valence-corrected chi connectivity index (χ0v) is 15.1. The van der Waals surface area contributed by atoms with Gasteiger partial charge in [-0.2, -0.15) is 12.7 Å². The Morgan fingerprint density at radius 3 is 1.92 bits per heavy atom. The molecular weight excluding hydrogens is 342 g/mol. The van der Waals surface area contributed by atoms with Crippen molar-refractivity contribution in [3.63, 3.8) is 0 Å². The first-order valence-corrected chi connectivity index (χ1v) is 9.10. The molecule has 2 N–H and O–H groups in total. The maximum atomic E-state index is 11.8. The minimum atomic E-state index is -3.52. The van der Waals surface area contributed by atoms with Crippen LogP contribution in [-0.2, 0) is 14.9 Å². The third-order valence-corrected chi connectivity index (χ3v) is 4.75. The van der Waals surface area contributed by atoms with E-state index in [1.165, 1.54) is 14.1 Å². The number of benzene rings is 2. The third-order valence-electron chi connectivity index (χ3n) is 3.30. The van der Waals surface area contributed by atoms with Crippen molar-refractivity contribution in [2.24, 2.45) is 0 Å². The van der Waals surface area contributed by atoms with Gasteiger partial charge in [0.1, 0.15) is 0 Å². The van der Waals surface area contributed by atoms with Gasteiger partial charge in [0.2, 0.25) is 0 Å². The number of nitrogens with one attached hydrogen (secondary N) is 2. The van der Waals surface area contributed by atoms with Gasteiger partial charge >= 0.3 is 16.2 Å². The van der Waals surface area contributed by atoms with Crippen LogP contribution in [0, 0.1) is 0 Å². The van der Waals surface area contributed by atoms with Gasteiger partial charge in [-0.15, -0.1) is 0 Å². The molecule has 0 aliphatic heterocycles. The normalized spacial score (nSPS) is 11.2. The highest BCUT2D eigenvalue weighted by atomic mass is 32.2. The first-order chi connectivity index (χ1) is 11.8. The lowest BCUT2D eigenvalue weighted by Gasteiger charge is -2.14. The predicted octanol–water partition coefficient (Wildman–Crippen LogP) is 2.83. The molecule has 2 aromatic carbocycles. The van der Waals surface area contributed by atoms with E-state index in [9.17, 15) is 13.2 Å². The number of carbonyl (C=O) groups is 1. The summed E-state index contributed by atoms with van der Waals surface area (Å²) in [7, 11) is -0.608. The van der Waals surface area contributed by atoms with E-state index in [-0.39, 0.29) is 5.97 Å². The average molecular weight is 363 g/mol. The quantitative estimate of drug-likeness (QED) is 0.739. The van der Waals surface area contributed by atoms with Crippen LogP contribution in [0.3, 0.4) is 0 Å². The molecule has 25 heavy (non-hydrogen) atoms. The molecule has 0 aliphatic carbocycles. The van der Waals surface area contributed by atoms with Gasteiger partial charge in [0.05, 0.1) is 12.2 Å². The molecule has 0 heterocycles. The second-order valence-corrected chi connectivity index (χ2v) is 7.27. The molecule has 0 fully saturated rings. The minimum Gasteiger partial charge on any atom is -0.462 e. The molecule has 0 atom stereocenters. The lowest BCUT2D eigenvalue weighted by molar-refractivity contribution is 0.0526. The Morgan fingerprint density at radius 1 is 0.960 bits per heavy atom. The topological polar surface area (TPSA) is 87.7 Å². The smallest absolute Gasteiger partial charge is 0.338 e. The van der Waals surface area contributed by atoms with E-state index in [4.69, 9.17) is 4.74 Å². The van der Waals surface area contributed by atoms with Crippen molar-refractivity contribution in [1.82, 2.24) is 4.31 Å². The van der Waals surface area contributed by atoms with Gasteiger partial charge in [0.15, 0.2) is 0 Å². The summed E-state index contributed by atoms with van der Waals surface area (Å²) in [6, 6.07) is 13.7. The molecule has 0 saturated carbocycles. The molecule has 0 aliphatic rings. The van der Waals surface area contributed by atoms with E-state index in [0.29, 0.717) is 17.9 Å². The maximum absolute atomic E-state index is 11.8. The number of anilines is 3. The first kappa shape index (κ1) is 18.8. The van der Waals surface area contributed by atoms with Crippen LogP contribution in [0.25, 0.3) is 0 Å². The second-order valence-electron chi connectivity index (χ2n) is 5.39. The van der Waals surface area contributed by atoms with Crippen molar-refractivity contribution >= 4 is 33.2 Å². The summed E-state index contributed by atoms with van der Waals surface area (Å²) in [5, 5.41) is 3.18. The monoisotopic (exact) mass is 363 g/mol. The molecule has 0 amide bonds. The standard InChI is InChI=1S/C17H21N3O4S/c1-4-24-17(21)13-5-7-14(8-6-13)18-15-9-11-16(12-10-15)19-25(22,23)20(2)3/h5-12,18-19H,4H2,1-3H3. The van der Waals surface area contributed by atoms with Crippen LogP contribution in [0.15, 0.2) is 48.5 Å². The van der Waals surface area contributed by atoms with E-state index < -0.39 is 10.2 Å². The van der Waals surface area contributed by atoms with Gasteiger partial charge in [0.25, 0.3) is 0 Å². The number of esters is 1. The second kappa shape index (κ2) is 8.00. The number of nitrogens with zero attached hydrogens (tertiary/aromatic N) is 1. The van der Waals surface area contributed by atoms with Crippen molar-refractivity contribution < 1.29 is 17.9 Å². The number of hydrogen-bond acceptors (Lipinski definition) is 5. The van der Waals surface area contributed by atoms with Crippen molar-refractivity contribution in [2.75, 3.05) is 30.7 Å². The lowest BCUT2D eigenvalue weighted by Crippen LogP contribution is -2.28. The molecule has 7 nitrogen and oxygen atoms in total. The SMILES string of the molecule is CCOC(=O)c1ccc(Nc2ccc(NS(=O)(=O)N(C)C)cc2)cc1. The molecule has 0 unspecified atom stereocenters. The van der Waals surface area contributed by atoms with E-state index in [1.54, 1.807) is 55.5 Å². The van der Waals surface area contributed by atoms with Gasteiger partial charge < -0.3 is 10.1 Å². The Kier molecular flexibility index (Phi) is 6.00. The molecule has 0 saturated heterocycles. The molecule has 2 rings (SSSR count). The molecule has 134 valence electrons. The van der Waals surface area contributed by atoms with E-state index in [1.807, 2.05) is 0 Å². The minimum absolute atomic E-state index is 0.336. The third kappa shape index (κ3) is 5.20. The fraction of sp³-hybridized carbons (Fsp3) is 0.235. The number of rotatable bonds is 7. The van der Waals surface area contributed by atoms with Crippen molar-refractivity contribution in [3.8, 4) is 0 Å². The van der Waals surface area contributed by atoms with Crippen molar-refractivity contribution in [2.45, 2.75) is 6.92 Å². The zero-order chi connectivity index (χ0) is 18.4. The summed E-state index contributed by atoms with van der Waals surface area (Å²) < 4.78 is 32.0. The summed E-state index contributed by atoms with van der Waals surface area (Å²) in [5.41, 5.74) is 2.55. The highest BCUT2D eigenvalue weighted by molar-refractivity contribution is 7.90. The number of ether oxygens (including phenoxy) is 1. The Labute approximate surface area is 147 Å². The molecule has 0 radical (unpaired) electrons. The number of hydrogen-bond donors (Lipinski definition) is 2. The summed E-state index contributed by atoms with van der Waals surface area (Å²) >= 11 is 0. The van der Waals surface area contributed by atoms with Crippen LogP contribution in [0.2, 0.25) is 0 Å². The van der Waals surface area contributed by atoms with Crippen LogP contribution in [0.4, 0.5) is 17.1 Å². The molecule has 2 aromatic rings. The largest absolute Gasteiger partial charge is 0.462 e. The average Bonchev–Trinajstić information content (AvgIpc) is 2.57. The maximum Gasteiger partial charge on any atom is 0.338 e. The summed E-state index contributed by atoms with van der Waals surface area (Å²) in [6.45, 7) is 2.10. The van der Waals surface area contributed by atoms with E-state index in [2.05, 4.69) is 10.0 Å². The zero-order valence-electron chi connectivity index (χ0n) is 14.3. The van der Waals surface area contributed by atoms with Gasteiger partial charge in [-0.25, -0.2) is 4.79 Å². The van der Waals surface area contributed by atoms with Gasteiger partial charge in [0, 0.05) is 31.2 Å². The van der Waals surface area contributed by atoms with Crippen molar-refractivity contribution in [3.05, 3.63) is 54.1 Å². The first-order valence-electron chi connectivity index (χ1n) is 7.66. The summed E-state index contributed by atoms with van der Waals surface area (Å²) in [5.74, 6) is -0.355. The molecule has 0 spiro atoms. The Morgan fingerprint density at radius 2 is 1.44 bits per heavy atom. The fourth-order valence-corrected chi connectivity index (χ4v) is 2.55. The van der Waals surface area contributed by atoms with Gasteiger partial charge in [-0.05, 0) is 55.5 Å². The highest BCUT2D eigenvalue weighted by Crippen LogP contribution is 2.20.